The minimum absolute atomic E-state index is 0.113. The zero-order chi connectivity index (χ0) is 16.5. The first kappa shape index (κ1) is 14.4. The van der Waals surface area contributed by atoms with Crippen molar-refractivity contribution in [3.8, 4) is 11.4 Å². The SMILES string of the molecule is O=C(O)c1cnc(-c2ccccc2)nc1N1CCc2[nH]ncc2C1. The van der Waals surface area contributed by atoms with E-state index >= 15 is 0 Å². The maximum Gasteiger partial charge on any atom is 0.341 e. The summed E-state index contributed by atoms with van der Waals surface area (Å²) in [6.07, 6.45) is 3.94. The zero-order valence-electron chi connectivity index (χ0n) is 12.8. The van der Waals surface area contributed by atoms with Crippen LogP contribution < -0.4 is 4.90 Å². The normalized spacial score (nSPS) is 13.6. The molecule has 0 saturated heterocycles. The lowest BCUT2D eigenvalue weighted by Crippen LogP contribution is -2.32. The molecule has 0 atom stereocenters. The Kier molecular flexibility index (Phi) is 3.45. The van der Waals surface area contributed by atoms with Crippen molar-refractivity contribution >= 4 is 11.8 Å². The number of nitrogens with zero attached hydrogens (tertiary/aromatic N) is 4. The van der Waals surface area contributed by atoms with E-state index < -0.39 is 5.97 Å². The van der Waals surface area contributed by atoms with Crippen molar-refractivity contribution in [1.82, 2.24) is 20.2 Å². The van der Waals surface area contributed by atoms with E-state index in [0.717, 1.165) is 23.2 Å². The highest BCUT2D eigenvalue weighted by Crippen LogP contribution is 2.27. The van der Waals surface area contributed by atoms with E-state index in [4.69, 9.17) is 0 Å². The molecule has 120 valence electrons. The Labute approximate surface area is 138 Å². The molecule has 3 aromatic rings. The van der Waals surface area contributed by atoms with Crippen molar-refractivity contribution in [3.05, 3.63) is 59.5 Å². The number of carboxylic acid groups (broad SMARTS) is 1. The van der Waals surface area contributed by atoms with Crippen molar-refractivity contribution in [2.75, 3.05) is 11.4 Å². The van der Waals surface area contributed by atoms with Gasteiger partial charge in [-0.25, -0.2) is 14.8 Å². The van der Waals surface area contributed by atoms with Crippen LogP contribution in [-0.4, -0.2) is 37.8 Å². The fraction of sp³-hybridized carbons (Fsp3) is 0.176. The summed E-state index contributed by atoms with van der Waals surface area (Å²) >= 11 is 0. The Hall–Kier alpha value is -3.22. The van der Waals surface area contributed by atoms with Crippen LogP contribution in [0.15, 0.2) is 42.7 Å². The quantitative estimate of drug-likeness (QED) is 0.767. The van der Waals surface area contributed by atoms with E-state index in [0.29, 0.717) is 24.7 Å². The van der Waals surface area contributed by atoms with Crippen LogP contribution in [0.3, 0.4) is 0 Å². The van der Waals surface area contributed by atoms with E-state index in [-0.39, 0.29) is 5.56 Å². The summed E-state index contributed by atoms with van der Waals surface area (Å²) in [7, 11) is 0. The Bertz CT molecular complexity index is 891. The van der Waals surface area contributed by atoms with Crippen LogP contribution >= 0.6 is 0 Å². The molecule has 24 heavy (non-hydrogen) atoms. The van der Waals surface area contributed by atoms with Crippen LogP contribution in [0.1, 0.15) is 21.6 Å². The Morgan fingerprint density at radius 1 is 1.21 bits per heavy atom. The van der Waals surface area contributed by atoms with Gasteiger partial charge in [-0.1, -0.05) is 30.3 Å². The molecule has 2 aromatic heterocycles. The molecule has 3 heterocycles. The molecule has 0 radical (unpaired) electrons. The summed E-state index contributed by atoms with van der Waals surface area (Å²) in [6.45, 7) is 1.26. The van der Waals surface area contributed by atoms with Gasteiger partial charge in [0.25, 0.3) is 0 Å². The van der Waals surface area contributed by atoms with Gasteiger partial charge in [0.15, 0.2) is 5.82 Å². The van der Waals surface area contributed by atoms with Gasteiger partial charge in [0.1, 0.15) is 11.4 Å². The van der Waals surface area contributed by atoms with E-state index in [1.165, 1.54) is 6.20 Å². The monoisotopic (exact) mass is 321 g/mol. The van der Waals surface area contributed by atoms with Crippen molar-refractivity contribution < 1.29 is 9.90 Å². The first-order valence-corrected chi connectivity index (χ1v) is 7.64. The van der Waals surface area contributed by atoms with Gasteiger partial charge in [0, 0.05) is 42.5 Å². The minimum Gasteiger partial charge on any atom is -0.477 e. The number of aromatic carboxylic acids is 1. The second-order valence-corrected chi connectivity index (χ2v) is 5.65. The number of anilines is 1. The van der Waals surface area contributed by atoms with Gasteiger partial charge in [0.05, 0.1) is 6.20 Å². The largest absolute Gasteiger partial charge is 0.477 e. The molecule has 7 heteroatoms. The first-order chi connectivity index (χ1) is 11.7. The number of fused-ring (bicyclic) bond motifs is 1. The molecule has 0 amide bonds. The number of benzene rings is 1. The van der Waals surface area contributed by atoms with E-state index in [9.17, 15) is 9.90 Å². The van der Waals surface area contributed by atoms with Crippen LogP contribution in [0.2, 0.25) is 0 Å². The lowest BCUT2D eigenvalue weighted by atomic mass is 10.1. The number of rotatable bonds is 3. The summed E-state index contributed by atoms with van der Waals surface area (Å²) in [5, 5.41) is 16.5. The summed E-state index contributed by atoms with van der Waals surface area (Å²) in [5.74, 6) is -0.0561. The van der Waals surface area contributed by atoms with Gasteiger partial charge >= 0.3 is 5.97 Å². The molecule has 0 bridgehead atoms. The lowest BCUT2D eigenvalue weighted by Gasteiger charge is -2.28. The number of nitrogens with one attached hydrogen (secondary N) is 1. The lowest BCUT2D eigenvalue weighted by molar-refractivity contribution is 0.0696. The molecule has 0 unspecified atom stereocenters. The molecule has 2 N–H and O–H groups in total. The maximum atomic E-state index is 11.6. The van der Waals surface area contributed by atoms with Crippen LogP contribution in [0.4, 0.5) is 5.82 Å². The van der Waals surface area contributed by atoms with Gasteiger partial charge in [0.2, 0.25) is 0 Å². The number of carboxylic acids is 1. The number of aromatic amines is 1. The summed E-state index contributed by atoms with van der Waals surface area (Å²) in [5.41, 5.74) is 3.14. The molecule has 0 spiro atoms. The van der Waals surface area contributed by atoms with Crippen molar-refractivity contribution in [3.63, 3.8) is 0 Å². The molecular formula is C17H15N5O2. The topological polar surface area (TPSA) is 95.0 Å². The second kappa shape index (κ2) is 5.77. The van der Waals surface area contributed by atoms with Gasteiger partial charge in [-0.05, 0) is 0 Å². The molecular weight excluding hydrogens is 306 g/mol. The van der Waals surface area contributed by atoms with Crippen LogP contribution in [0.5, 0.6) is 0 Å². The fourth-order valence-corrected chi connectivity index (χ4v) is 2.89. The zero-order valence-corrected chi connectivity index (χ0v) is 12.8. The van der Waals surface area contributed by atoms with E-state index in [1.54, 1.807) is 6.20 Å². The van der Waals surface area contributed by atoms with Crippen LogP contribution in [0, 0.1) is 0 Å². The van der Waals surface area contributed by atoms with Gasteiger partial charge in [-0.2, -0.15) is 5.10 Å². The molecule has 1 aliphatic heterocycles. The minimum atomic E-state index is -1.03. The van der Waals surface area contributed by atoms with Crippen LogP contribution in [0.25, 0.3) is 11.4 Å². The summed E-state index contributed by atoms with van der Waals surface area (Å²) in [6, 6.07) is 9.54. The Balaban J connectivity index is 1.77. The molecule has 1 aromatic carbocycles. The molecule has 1 aliphatic rings. The fourth-order valence-electron chi connectivity index (χ4n) is 2.89. The molecule has 7 nitrogen and oxygen atoms in total. The average Bonchev–Trinajstić information content (AvgIpc) is 3.09. The highest BCUT2D eigenvalue weighted by Gasteiger charge is 2.24. The molecule has 0 aliphatic carbocycles. The Morgan fingerprint density at radius 2 is 2.04 bits per heavy atom. The predicted octanol–water partition coefficient (Wildman–Crippen LogP) is 2.13. The third-order valence-electron chi connectivity index (χ3n) is 4.13. The number of hydrogen-bond acceptors (Lipinski definition) is 5. The van der Waals surface area contributed by atoms with Crippen LogP contribution in [-0.2, 0) is 13.0 Å². The Morgan fingerprint density at radius 3 is 2.83 bits per heavy atom. The number of carbonyl (C=O) groups is 1. The predicted molar refractivity (Wildman–Crippen MR) is 87.8 cm³/mol. The maximum absolute atomic E-state index is 11.6. The first-order valence-electron chi connectivity index (χ1n) is 7.64. The van der Waals surface area contributed by atoms with Crippen molar-refractivity contribution in [2.45, 2.75) is 13.0 Å². The molecule has 0 saturated carbocycles. The summed E-state index contributed by atoms with van der Waals surface area (Å²) in [4.78, 5) is 22.3. The number of aromatic nitrogens is 4. The van der Waals surface area contributed by atoms with Gasteiger partial charge in [-0.15, -0.1) is 0 Å². The third kappa shape index (κ3) is 2.50. The highest BCUT2D eigenvalue weighted by molar-refractivity contribution is 5.93. The third-order valence-corrected chi connectivity index (χ3v) is 4.13. The number of H-pyrrole nitrogens is 1. The van der Waals surface area contributed by atoms with E-state index in [2.05, 4.69) is 20.2 Å². The molecule has 0 fully saturated rings. The summed E-state index contributed by atoms with van der Waals surface area (Å²) < 4.78 is 0. The smallest absolute Gasteiger partial charge is 0.341 e. The second-order valence-electron chi connectivity index (χ2n) is 5.65. The van der Waals surface area contributed by atoms with E-state index in [1.807, 2.05) is 35.2 Å². The molecule has 4 rings (SSSR count). The number of hydrogen-bond donors (Lipinski definition) is 2. The highest BCUT2D eigenvalue weighted by atomic mass is 16.4. The van der Waals surface area contributed by atoms with Gasteiger partial charge in [-0.3, -0.25) is 5.10 Å². The van der Waals surface area contributed by atoms with Gasteiger partial charge < -0.3 is 10.0 Å². The standard InChI is InChI=1S/C17H15N5O2/c23-17(24)13-9-18-15(11-4-2-1-3-5-11)20-16(13)22-7-6-14-12(10-22)8-19-21-14/h1-5,8-9H,6-7,10H2,(H,19,21)(H,23,24). The average molecular weight is 321 g/mol. The van der Waals surface area contributed by atoms with Crippen molar-refractivity contribution in [1.29, 1.82) is 0 Å². The van der Waals surface area contributed by atoms with Crippen molar-refractivity contribution in [2.24, 2.45) is 0 Å².